The molecule has 2 unspecified atom stereocenters. The monoisotopic (exact) mass is 183 g/mol. The van der Waals surface area contributed by atoms with Gasteiger partial charge < -0.3 is 10.1 Å². The first-order valence-electron chi connectivity index (χ1n) is 5.56. The van der Waals surface area contributed by atoms with Crippen molar-refractivity contribution in [2.75, 3.05) is 20.2 Å². The molecule has 2 nitrogen and oxygen atoms in total. The van der Waals surface area contributed by atoms with Gasteiger partial charge >= 0.3 is 0 Å². The average Bonchev–Trinajstić information content (AvgIpc) is 2.31. The summed E-state index contributed by atoms with van der Waals surface area (Å²) in [5.74, 6) is 0.928. The van der Waals surface area contributed by atoms with E-state index >= 15 is 0 Å². The standard InChI is InChI=1S/C11H21NO/c1-9-11(8-12-2,6-7-13-9)10-4-3-5-10/h9-10,12H,3-8H2,1-2H3. The molecule has 2 rings (SSSR count). The lowest BCUT2D eigenvalue weighted by Crippen LogP contribution is -2.46. The van der Waals surface area contributed by atoms with E-state index in [0.717, 1.165) is 19.1 Å². The molecule has 0 amide bonds. The molecule has 76 valence electrons. The van der Waals surface area contributed by atoms with Gasteiger partial charge in [-0.1, -0.05) is 6.42 Å². The van der Waals surface area contributed by atoms with Crippen LogP contribution in [-0.4, -0.2) is 26.3 Å². The second-order valence-electron chi connectivity index (χ2n) is 4.65. The molecule has 2 heteroatoms. The molecule has 0 radical (unpaired) electrons. The van der Waals surface area contributed by atoms with Gasteiger partial charge in [-0.15, -0.1) is 0 Å². The first kappa shape index (κ1) is 9.47. The van der Waals surface area contributed by atoms with Gasteiger partial charge in [0, 0.05) is 18.6 Å². The molecule has 0 aromatic heterocycles. The van der Waals surface area contributed by atoms with E-state index in [1.165, 1.54) is 25.7 Å². The van der Waals surface area contributed by atoms with Crippen LogP contribution in [0.25, 0.3) is 0 Å². The Morgan fingerprint density at radius 2 is 2.23 bits per heavy atom. The van der Waals surface area contributed by atoms with Crippen molar-refractivity contribution < 1.29 is 4.74 Å². The van der Waals surface area contributed by atoms with E-state index in [0.29, 0.717) is 11.5 Å². The van der Waals surface area contributed by atoms with Crippen LogP contribution in [0.3, 0.4) is 0 Å². The normalized spacial score (nSPS) is 40.6. The van der Waals surface area contributed by atoms with Gasteiger partial charge in [0.05, 0.1) is 6.10 Å². The van der Waals surface area contributed by atoms with E-state index in [9.17, 15) is 0 Å². The minimum absolute atomic E-state index is 0.463. The Morgan fingerprint density at radius 3 is 2.62 bits per heavy atom. The molecule has 1 saturated carbocycles. The van der Waals surface area contributed by atoms with Gasteiger partial charge in [-0.25, -0.2) is 0 Å². The molecule has 2 aliphatic rings. The Bertz CT molecular complexity index is 179. The molecule has 1 heterocycles. The van der Waals surface area contributed by atoms with E-state index in [4.69, 9.17) is 4.74 Å². The zero-order valence-electron chi connectivity index (χ0n) is 8.81. The molecule has 1 aliphatic heterocycles. The lowest BCUT2D eigenvalue weighted by Gasteiger charge is -2.44. The fourth-order valence-electron chi connectivity index (χ4n) is 3.02. The van der Waals surface area contributed by atoms with Crippen molar-refractivity contribution in [2.45, 2.75) is 38.7 Å². The fourth-order valence-corrected chi connectivity index (χ4v) is 3.02. The lowest BCUT2D eigenvalue weighted by atomic mass is 9.62. The molecule has 1 aliphatic carbocycles. The zero-order valence-corrected chi connectivity index (χ0v) is 8.81. The van der Waals surface area contributed by atoms with Crippen LogP contribution in [0.4, 0.5) is 0 Å². The highest BCUT2D eigenvalue weighted by atomic mass is 16.5. The highest BCUT2D eigenvalue weighted by molar-refractivity contribution is 4.98. The fraction of sp³-hybridized carbons (Fsp3) is 1.00. The smallest absolute Gasteiger partial charge is 0.0618 e. The average molecular weight is 183 g/mol. The van der Waals surface area contributed by atoms with Crippen molar-refractivity contribution in [1.82, 2.24) is 5.32 Å². The third kappa shape index (κ3) is 1.40. The van der Waals surface area contributed by atoms with Crippen molar-refractivity contribution in [3.8, 4) is 0 Å². The summed E-state index contributed by atoms with van der Waals surface area (Å²) in [4.78, 5) is 0. The Hall–Kier alpha value is -0.0800. The van der Waals surface area contributed by atoms with Crippen molar-refractivity contribution >= 4 is 0 Å². The molecule has 0 aromatic carbocycles. The first-order valence-corrected chi connectivity index (χ1v) is 5.56. The molecule has 1 N–H and O–H groups in total. The summed E-state index contributed by atoms with van der Waals surface area (Å²) in [6, 6.07) is 0. The third-order valence-corrected chi connectivity index (χ3v) is 4.17. The van der Waals surface area contributed by atoms with E-state index in [-0.39, 0.29) is 0 Å². The number of nitrogens with one attached hydrogen (secondary N) is 1. The molecule has 13 heavy (non-hydrogen) atoms. The van der Waals surface area contributed by atoms with Crippen LogP contribution in [0.1, 0.15) is 32.6 Å². The van der Waals surface area contributed by atoms with Crippen molar-refractivity contribution in [3.05, 3.63) is 0 Å². The topological polar surface area (TPSA) is 21.3 Å². The summed E-state index contributed by atoms with van der Waals surface area (Å²) in [6.45, 7) is 4.36. The Morgan fingerprint density at radius 1 is 1.46 bits per heavy atom. The molecular formula is C11H21NO. The van der Waals surface area contributed by atoms with Gasteiger partial charge in [-0.2, -0.15) is 0 Å². The maximum Gasteiger partial charge on any atom is 0.0618 e. The van der Waals surface area contributed by atoms with Crippen LogP contribution in [0.15, 0.2) is 0 Å². The molecule has 2 atom stereocenters. The van der Waals surface area contributed by atoms with Gasteiger partial charge in [-0.3, -0.25) is 0 Å². The zero-order chi connectivity index (χ0) is 9.31. The van der Waals surface area contributed by atoms with Gasteiger partial charge in [0.25, 0.3) is 0 Å². The highest BCUT2D eigenvalue weighted by Gasteiger charge is 2.48. The highest BCUT2D eigenvalue weighted by Crippen LogP contribution is 2.49. The van der Waals surface area contributed by atoms with Crippen LogP contribution in [0.5, 0.6) is 0 Å². The van der Waals surface area contributed by atoms with Gasteiger partial charge in [0.15, 0.2) is 0 Å². The Kier molecular flexibility index (Phi) is 2.61. The molecule has 0 aromatic rings. The number of hydrogen-bond donors (Lipinski definition) is 1. The third-order valence-electron chi connectivity index (χ3n) is 4.17. The SMILES string of the molecule is CNCC1(C2CCC2)CCOC1C. The summed E-state index contributed by atoms with van der Waals surface area (Å²) in [5, 5.41) is 3.35. The molecular weight excluding hydrogens is 162 g/mol. The first-order chi connectivity index (χ1) is 6.29. The van der Waals surface area contributed by atoms with Crippen LogP contribution < -0.4 is 5.32 Å². The number of hydrogen-bond acceptors (Lipinski definition) is 2. The predicted molar refractivity (Wildman–Crippen MR) is 53.7 cm³/mol. The van der Waals surface area contributed by atoms with Crippen molar-refractivity contribution in [2.24, 2.45) is 11.3 Å². The van der Waals surface area contributed by atoms with Crippen LogP contribution >= 0.6 is 0 Å². The minimum atomic E-state index is 0.463. The Balaban J connectivity index is 2.08. The number of rotatable bonds is 3. The predicted octanol–water partition coefficient (Wildman–Crippen LogP) is 1.80. The van der Waals surface area contributed by atoms with Crippen LogP contribution in [0.2, 0.25) is 0 Å². The van der Waals surface area contributed by atoms with Gasteiger partial charge in [0.1, 0.15) is 0 Å². The van der Waals surface area contributed by atoms with E-state index < -0.39 is 0 Å². The summed E-state index contributed by atoms with van der Waals surface area (Å²) in [5.41, 5.74) is 0.465. The Labute approximate surface area is 81.0 Å². The van der Waals surface area contributed by atoms with E-state index in [2.05, 4.69) is 19.3 Å². The quantitative estimate of drug-likeness (QED) is 0.720. The second kappa shape index (κ2) is 3.58. The summed E-state index contributed by atoms with van der Waals surface area (Å²) in [6.07, 6.45) is 6.01. The van der Waals surface area contributed by atoms with Crippen LogP contribution in [-0.2, 0) is 4.74 Å². The molecule has 0 spiro atoms. The summed E-state index contributed by atoms with van der Waals surface area (Å²) < 4.78 is 5.74. The summed E-state index contributed by atoms with van der Waals surface area (Å²) in [7, 11) is 2.06. The largest absolute Gasteiger partial charge is 0.378 e. The minimum Gasteiger partial charge on any atom is -0.378 e. The molecule has 1 saturated heterocycles. The van der Waals surface area contributed by atoms with Gasteiger partial charge in [0.2, 0.25) is 0 Å². The maximum absolute atomic E-state index is 5.74. The summed E-state index contributed by atoms with van der Waals surface area (Å²) >= 11 is 0. The van der Waals surface area contributed by atoms with Gasteiger partial charge in [-0.05, 0) is 39.2 Å². The van der Waals surface area contributed by atoms with E-state index in [1.807, 2.05) is 0 Å². The molecule has 0 bridgehead atoms. The molecule has 2 fully saturated rings. The van der Waals surface area contributed by atoms with E-state index in [1.54, 1.807) is 0 Å². The maximum atomic E-state index is 5.74. The van der Waals surface area contributed by atoms with Crippen LogP contribution in [0, 0.1) is 11.3 Å². The van der Waals surface area contributed by atoms with Crippen molar-refractivity contribution in [1.29, 1.82) is 0 Å². The lowest BCUT2D eigenvalue weighted by molar-refractivity contribution is 0.000729. The van der Waals surface area contributed by atoms with Crippen molar-refractivity contribution in [3.63, 3.8) is 0 Å². The number of ether oxygens (including phenoxy) is 1. The second-order valence-corrected chi connectivity index (χ2v) is 4.65.